The number of aliphatic carboxylic acids is 2. The Balaban J connectivity index is 2.81. The second kappa shape index (κ2) is 14.2. The van der Waals surface area contributed by atoms with Crippen LogP contribution in [0, 0.1) is 0 Å². The quantitative estimate of drug-likeness (QED) is 0.0524. The normalized spacial score (nSPS) is 17.8. The fourth-order valence-corrected chi connectivity index (χ4v) is 3.67. The van der Waals surface area contributed by atoms with E-state index in [0.717, 1.165) is 4.90 Å². The number of hydrogen-bond donors (Lipinski definition) is 8. The molecule has 1 fully saturated rings. The van der Waals surface area contributed by atoms with Crippen LogP contribution < -0.4 is 27.8 Å². The number of carbonyl (C=O) groups excluding carboxylic acids is 3. The van der Waals surface area contributed by atoms with Crippen LogP contribution in [0.25, 0.3) is 0 Å². The Morgan fingerprint density at radius 1 is 1.06 bits per heavy atom. The van der Waals surface area contributed by atoms with Crippen molar-refractivity contribution >= 4 is 48.2 Å². The zero-order valence-corrected chi connectivity index (χ0v) is 19.6. The number of nitrogens with one attached hydrogen (secondary N) is 2. The molecule has 0 saturated carbocycles. The van der Waals surface area contributed by atoms with Gasteiger partial charge in [0.2, 0.25) is 17.7 Å². The van der Waals surface area contributed by atoms with Crippen LogP contribution in [0.4, 0.5) is 0 Å². The lowest BCUT2D eigenvalue weighted by molar-refractivity contribution is -0.150. The average molecular weight is 504 g/mol. The van der Waals surface area contributed by atoms with E-state index in [1.165, 1.54) is 0 Å². The summed E-state index contributed by atoms with van der Waals surface area (Å²) in [7, 11) is 0. The van der Waals surface area contributed by atoms with Crippen LogP contribution in [0.2, 0.25) is 0 Å². The van der Waals surface area contributed by atoms with Crippen molar-refractivity contribution < 1.29 is 34.2 Å². The lowest BCUT2D eigenvalue weighted by atomic mass is 10.1. The highest BCUT2D eigenvalue weighted by molar-refractivity contribution is 7.80. The van der Waals surface area contributed by atoms with Gasteiger partial charge in [-0.1, -0.05) is 0 Å². The monoisotopic (exact) mass is 503 g/mol. The summed E-state index contributed by atoms with van der Waals surface area (Å²) >= 11 is 4.06. The molecule has 34 heavy (non-hydrogen) atoms. The summed E-state index contributed by atoms with van der Waals surface area (Å²) in [6, 6.07) is -4.44. The van der Waals surface area contributed by atoms with Gasteiger partial charge in [0, 0.05) is 25.3 Å². The molecule has 14 nitrogen and oxygen atoms in total. The highest BCUT2D eigenvalue weighted by Gasteiger charge is 2.38. The van der Waals surface area contributed by atoms with Gasteiger partial charge in [-0.25, -0.2) is 4.79 Å². The minimum Gasteiger partial charge on any atom is -0.481 e. The van der Waals surface area contributed by atoms with Gasteiger partial charge >= 0.3 is 11.9 Å². The van der Waals surface area contributed by atoms with Gasteiger partial charge in [0.1, 0.15) is 18.1 Å². The number of likely N-dealkylation sites (tertiary alicyclic amines) is 1. The van der Waals surface area contributed by atoms with Crippen molar-refractivity contribution in [3.8, 4) is 0 Å². The van der Waals surface area contributed by atoms with E-state index >= 15 is 0 Å². The third kappa shape index (κ3) is 9.43. The van der Waals surface area contributed by atoms with Crippen LogP contribution in [0.1, 0.15) is 38.5 Å². The maximum atomic E-state index is 12.9. The molecule has 0 aliphatic carbocycles. The topological polar surface area (TPSA) is 244 Å². The van der Waals surface area contributed by atoms with Gasteiger partial charge in [-0.3, -0.25) is 24.2 Å². The van der Waals surface area contributed by atoms with E-state index in [0.29, 0.717) is 12.8 Å². The van der Waals surface area contributed by atoms with Crippen molar-refractivity contribution in [2.24, 2.45) is 22.2 Å². The molecule has 3 amide bonds. The molecule has 0 radical (unpaired) electrons. The molecule has 15 heteroatoms. The van der Waals surface area contributed by atoms with Crippen molar-refractivity contribution in [2.75, 3.05) is 18.8 Å². The van der Waals surface area contributed by atoms with Crippen molar-refractivity contribution in [1.29, 1.82) is 0 Å². The molecule has 0 aromatic heterocycles. The van der Waals surface area contributed by atoms with E-state index in [1.54, 1.807) is 0 Å². The van der Waals surface area contributed by atoms with E-state index < -0.39 is 60.2 Å². The average Bonchev–Trinajstić information content (AvgIpc) is 3.26. The molecule has 10 N–H and O–H groups in total. The zero-order valence-electron chi connectivity index (χ0n) is 18.7. The number of nitrogens with zero attached hydrogens (tertiary/aromatic N) is 2. The first-order valence-corrected chi connectivity index (χ1v) is 11.4. The number of hydrogen-bond acceptors (Lipinski definition) is 8. The summed E-state index contributed by atoms with van der Waals surface area (Å²) in [6.07, 6.45) is 0.724. The summed E-state index contributed by atoms with van der Waals surface area (Å²) in [5, 5.41) is 23.2. The van der Waals surface area contributed by atoms with E-state index in [2.05, 4.69) is 28.3 Å². The van der Waals surface area contributed by atoms with Gasteiger partial charge < -0.3 is 42.9 Å². The Labute approximate surface area is 202 Å². The summed E-state index contributed by atoms with van der Waals surface area (Å²) in [6.45, 7) is 0.456. The Hall–Kier alpha value is -3.07. The highest BCUT2D eigenvalue weighted by Crippen LogP contribution is 2.19. The molecular formula is C19H33N7O7S. The Kier molecular flexibility index (Phi) is 12.1. The molecule has 1 aliphatic rings. The van der Waals surface area contributed by atoms with Crippen molar-refractivity contribution in [3.05, 3.63) is 0 Å². The molecule has 0 aromatic rings. The van der Waals surface area contributed by atoms with E-state index in [9.17, 15) is 29.1 Å². The highest BCUT2D eigenvalue weighted by atomic mass is 32.1. The van der Waals surface area contributed by atoms with Gasteiger partial charge in [-0.2, -0.15) is 12.6 Å². The Bertz CT molecular complexity index is 791. The smallest absolute Gasteiger partial charge is 0.326 e. The van der Waals surface area contributed by atoms with Crippen LogP contribution >= 0.6 is 12.6 Å². The number of aliphatic imine (C=N–C) groups is 1. The molecule has 1 heterocycles. The SMILES string of the molecule is NC(N)=NCCCC(N)C(=O)NC(CS)C(=O)NC(CCC(=O)O)C(=O)N1CCCC1C(=O)O. The number of rotatable bonds is 14. The second-order valence-electron chi connectivity index (χ2n) is 7.82. The van der Waals surface area contributed by atoms with Gasteiger partial charge in [-0.15, -0.1) is 0 Å². The van der Waals surface area contributed by atoms with Crippen LogP contribution in [-0.4, -0.2) is 93.7 Å². The molecule has 1 aliphatic heterocycles. The van der Waals surface area contributed by atoms with Crippen LogP contribution in [0.3, 0.4) is 0 Å². The summed E-state index contributed by atoms with van der Waals surface area (Å²) in [5.74, 6) is -4.67. The molecule has 0 spiro atoms. The fourth-order valence-electron chi connectivity index (χ4n) is 3.41. The van der Waals surface area contributed by atoms with Crippen LogP contribution in [0.5, 0.6) is 0 Å². The summed E-state index contributed by atoms with van der Waals surface area (Å²) in [5.41, 5.74) is 16.3. The number of carboxylic acids is 2. The van der Waals surface area contributed by atoms with Crippen LogP contribution in [-0.2, 0) is 24.0 Å². The number of carboxylic acid groups (broad SMARTS) is 2. The Morgan fingerprint density at radius 3 is 2.26 bits per heavy atom. The predicted molar refractivity (Wildman–Crippen MR) is 125 cm³/mol. The number of thiol groups is 1. The summed E-state index contributed by atoms with van der Waals surface area (Å²) in [4.78, 5) is 65.4. The van der Waals surface area contributed by atoms with Crippen molar-refractivity contribution in [1.82, 2.24) is 15.5 Å². The number of nitrogens with two attached hydrogens (primary N) is 3. The van der Waals surface area contributed by atoms with Crippen molar-refractivity contribution in [3.63, 3.8) is 0 Å². The molecule has 0 bridgehead atoms. The second-order valence-corrected chi connectivity index (χ2v) is 8.19. The first-order chi connectivity index (χ1) is 16.0. The molecule has 1 saturated heterocycles. The van der Waals surface area contributed by atoms with Gasteiger partial charge in [-0.05, 0) is 32.1 Å². The molecule has 4 unspecified atom stereocenters. The summed E-state index contributed by atoms with van der Waals surface area (Å²) < 4.78 is 0. The number of guanidine groups is 1. The zero-order chi connectivity index (χ0) is 25.8. The maximum Gasteiger partial charge on any atom is 0.326 e. The minimum atomic E-state index is -1.28. The van der Waals surface area contributed by atoms with Gasteiger partial charge in [0.05, 0.1) is 6.04 Å². The first-order valence-electron chi connectivity index (χ1n) is 10.8. The van der Waals surface area contributed by atoms with E-state index in [4.69, 9.17) is 22.3 Å². The fraction of sp³-hybridized carbons (Fsp3) is 0.684. The lowest BCUT2D eigenvalue weighted by Gasteiger charge is -2.28. The number of amides is 3. The molecule has 4 atom stereocenters. The lowest BCUT2D eigenvalue weighted by Crippen LogP contribution is -2.57. The molecule has 0 aromatic carbocycles. The number of carbonyl (C=O) groups is 5. The predicted octanol–water partition coefficient (Wildman–Crippen LogP) is -2.79. The molecule has 192 valence electrons. The Morgan fingerprint density at radius 2 is 1.71 bits per heavy atom. The molecule has 1 rings (SSSR count). The maximum absolute atomic E-state index is 12.9. The largest absolute Gasteiger partial charge is 0.481 e. The minimum absolute atomic E-state index is 0.0829. The van der Waals surface area contributed by atoms with Crippen molar-refractivity contribution in [2.45, 2.75) is 62.7 Å². The van der Waals surface area contributed by atoms with E-state index in [1.807, 2.05) is 0 Å². The third-order valence-electron chi connectivity index (χ3n) is 5.20. The standard InChI is InChI=1S/C19H33N7O7S/c20-10(3-1-7-23-19(21)22)15(29)25-12(9-34)16(30)24-11(5-6-14(27)28)17(31)26-8-2-4-13(26)18(32)33/h10-13,34H,1-9,20H2,(H,24,30)(H,25,29)(H,27,28)(H,32,33)(H4,21,22,23). The van der Waals surface area contributed by atoms with Crippen LogP contribution in [0.15, 0.2) is 4.99 Å². The van der Waals surface area contributed by atoms with Gasteiger partial charge in [0.25, 0.3) is 0 Å². The molecular weight excluding hydrogens is 470 g/mol. The third-order valence-corrected chi connectivity index (χ3v) is 5.57. The first kappa shape index (κ1) is 29.0. The van der Waals surface area contributed by atoms with E-state index in [-0.39, 0.29) is 44.1 Å². The van der Waals surface area contributed by atoms with Gasteiger partial charge in [0.15, 0.2) is 5.96 Å².